The van der Waals surface area contributed by atoms with Crippen molar-refractivity contribution in [3.63, 3.8) is 0 Å². The summed E-state index contributed by atoms with van der Waals surface area (Å²) in [5, 5.41) is 21.4. The molecule has 0 atom stereocenters. The van der Waals surface area contributed by atoms with E-state index in [-0.39, 0.29) is 75.9 Å². The molecular weight excluding hydrogens is 328 g/mol. The first-order valence-electron chi connectivity index (χ1n) is 5.61. The van der Waals surface area contributed by atoms with Crippen molar-refractivity contribution in [2.75, 3.05) is 5.32 Å². The minimum atomic E-state index is -1.13. The van der Waals surface area contributed by atoms with Crippen LogP contribution in [0, 0.1) is 0 Å². The standard InChI is InChI=1S/C14H10ClNO4.2Na/c15-8-5-6-10(14(19)20)12(7-8)16-11-4-2-1-3-9(11)13(17)18;;/h1-7,16H,(H,17,18)(H,19,20);;/q;2*+1. The van der Waals surface area contributed by atoms with Gasteiger partial charge < -0.3 is 15.5 Å². The Morgan fingerprint density at radius 2 is 1.41 bits per heavy atom. The molecule has 0 aliphatic rings. The van der Waals surface area contributed by atoms with Gasteiger partial charge in [-0.1, -0.05) is 23.7 Å². The molecule has 0 saturated carbocycles. The van der Waals surface area contributed by atoms with Crippen LogP contribution in [0.4, 0.5) is 11.4 Å². The molecule has 0 unspecified atom stereocenters. The number of hydrogen-bond acceptors (Lipinski definition) is 3. The summed E-state index contributed by atoms with van der Waals surface area (Å²) in [5.41, 5.74) is 0.585. The normalized spacial score (nSPS) is 9.14. The van der Waals surface area contributed by atoms with Crippen molar-refractivity contribution < 1.29 is 78.9 Å². The monoisotopic (exact) mass is 337 g/mol. The second-order valence-corrected chi connectivity index (χ2v) is 4.41. The molecule has 102 valence electrons. The minimum Gasteiger partial charge on any atom is -0.478 e. The van der Waals surface area contributed by atoms with Gasteiger partial charge in [0.1, 0.15) is 0 Å². The number of carboxylic acids is 2. The fourth-order valence-corrected chi connectivity index (χ4v) is 1.90. The zero-order valence-corrected chi connectivity index (χ0v) is 16.9. The Hall–Kier alpha value is -0.530. The van der Waals surface area contributed by atoms with E-state index in [1.54, 1.807) is 18.2 Å². The van der Waals surface area contributed by atoms with Gasteiger partial charge in [-0.05, 0) is 30.3 Å². The van der Waals surface area contributed by atoms with E-state index in [4.69, 9.17) is 21.8 Å². The van der Waals surface area contributed by atoms with Gasteiger partial charge >= 0.3 is 71.1 Å². The Balaban J connectivity index is 0.00000220. The van der Waals surface area contributed by atoms with Crippen molar-refractivity contribution in [1.29, 1.82) is 0 Å². The van der Waals surface area contributed by atoms with Gasteiger partial charge in [0.15, 0.2) is 0 Å². The minimum absolute atomic E-state index is 0. The number of carbonyl (C=O) groups is 2. The molecule has 2 rings (SSSR count). The van der Waals surface area contributed by atoms with Crippen LogP contribution in [0.5, 0.6) is 0 Å². The third-order valence-electron chi connectivity index (χ3n) is 2.64. The Bertz CT molecular complexity index is 694. The smallest absolute Gasteiger partial charge is 0.478 e. The third-order valence-corrected chi connectivity index (χ3v) is 2.87. The molecule has 3 N–H and O–H groups in total. The summed E-state index contributed by atoms with van der Waals surface area (Å²) < 4.78 is 0. The predicted octanol–water partition coefficient (Wildman–Crippen LogP) is -2.51. The van der Waals surface area contributed by atoms with Gasteiger partial charge in [-0.15, -0.1) is 0 Å². The molecule has 0 fully saturated rings. The number of carboxylic acid groups (broad SMARTS) is 2. The summed E-state index contributed by atoms with van der Waals surface area (Å²) in [6, 6.07) is 10.5. The second kappa shape index (κ2) is 9.57. The van der Waals surface area contributed by atoms with Crippen molar-refractivity contribution in [1.82, 2.24) is 0 Å². The van der Waals surface area contributed by atoms with Gasteiger partial charge in [-0.25, -0.2) is 9.59 Å². The van der Waals surface area contributed by atoms with E-state index in [2.05, 4.69) is 5.32 Å². The summed E-state index contributed by atoms with van der Waals surface area (Å²) >= 11 is 5.84. The van der Waals surface area contributed by atoms with E-state index in [0.717, 1.165) is 0 Å². The maximum atomic E-state index is 11.1. The summed E-state index contributed by atoms with van der Waals surface area (Å²) in [5.74, 6) is -2.23. The van der Waals surface area contributed by atoms with E-state index in [1.165, 1.54) is 24.3 Å². The second-order valence-electron chi connectivity index (χ2n) is 3.97. The van der Waals surface area contributed by atoms with Crippen LogP contribution in [0.3, 0.4) is 0 Å². The first kappa shape index (κ1) is 21.5. The summed E-state index contributed by atoms with van der Waals surface area (Å²) in [6.07, 6.45) is 0. The average molecular weight is 338 g/mol. The SMILES string of the molecule is O=C(O)c1ccccc1Nc1cc(Cl)ccc1C(=O)O.[Na+].[Na+]. The van der Waals surface area contributed by atoms with Crippen molar-refractivity contribution in [2.45, 2.75) is 0 Å². The summed E-state index contributed by atoms with van der Waals surface area (Å²) in [7, 11) is 0. The molecule has 0 aliphatic heterocycles. The molecular formula is C14H10ClNNa2O4+2. The molecule has 2 aromatic rings. The van der Waals surface area contributed by atoms with Gasteiger partial charge in [0.05, 0.1) is 22.5 Å². The van der Waals surface area contributed by atoms with Crippen LogP contribution in [0.1, 0.15) is 20.7 Å². The Morgan fingerprint density at radius 1 is 0.864 bits per heavy atom. The van der Waals surface area contributed by atoms with Gasteiger partial charge in [0, 0.05) is 5.02 Å². The number of anilines is 2. The van der Waals surface area contributed by atoms with Gasteiger partial charge in [0.2, 0.25) is 0 Å². The number of benzene rings is 2. The molecule has 0 saturated heterocycles. The molecule has 0 radical (unpaired) electrons. The predicted molar refractivity (Wildman–Crippen MR) is 75.1 cm³/mol. The van der Waals surface area contributed by atoms with Gasteiger partial charge in [0.25, 0.3) is 0 Å². The first-order valence-corrected chi connectivity index (χ1v) is 5.99. The molecule has 0 heterocycles. The van der Waals surface area contributed by atoms with Crippen LogP contribution in [0.2, 0.25) is 5.02 Å². The number of rotatable bonds is 4. The molecule has 5 nitrogen and oxygen atoms in total. The van der Waals surface area contributed by atoms with E-state index < -0.39 is 11.9 Å². The molecule has 22 heavy (non-hydrogen) atoms. The largest absolute Gasteiger partial charge is 1.00 e. The fourth-order valence-electron chi connectivity index (χ4n) is 1.73. The maximum absolute atomic E-state index is 11.1. The topological polar surface area (TPSA) is 86.6 Å². The first-order chi connectivity index (χ1) is 9.49. The van der Waals surface area contributed by atoms with Crippen LogP contribution in [-0.2, 0) is 0 Å². The van der Waals surface area contributed by atoms with Crippen LogP contribution in [-0.4, -0.2) is 22.2 Å². The number of halogens is 1. The van der Waals surface area contributed by atoms with E-state index >= 15 is 0 Å². The van der Waals surface area contributed by atoms with Crippen LogP contribution >= 0.6 is 11.6 Å². The van der Waals surface area contributed by atoms with Gasteiger partial charge in [-0.3, -0.25) is 0 Å². The van der Waals surface area contributed by atoms with E-state index in [9.17, 15) is 9.59 Å². The van der Waals surface area contributed by atoms with Crippen molar-refractivity contribution >= 4 is 34.9 Å². The van der Waals surface area contributed by atoms with Gasteiger partial charge in [-0.2, -0.15) is 0 Å². The molecule has 0 spiro atoms. The summed E-state index contributed by atoms with van der Waals surface area (Å²) in [4.78, 5) is 22.3. The molecule has 0 bridgehead atoms. The number of para-hydroxylation sites is 1. The Kier molecular flexibility index (Phi) is 9.34. The van der Waals surface area contributed by atoms with Crippen molar-refractivity contribution in [3.8, 4) is 0 Å². The number of aromatic carboxylic acids is 2. The van der Waals surface area contributed by atoms with E-state index in [0.29, 0.717) is 10.7 Å². The summed E-state index contributed by atoms with van der Waals surface area (Å²) in [6.45, 7) is 0. The molecule has 0 aromatic heterocycles. The third kappa shape index (κ3) is 5.28. The molecule has 8 heteroatoms. The Morgan fingerprint density at radius 3 is 2.00 bits per heavy atom. The van der Waals surface area contributed by atoms with Crippen molar-refractivity contribution in [2.24, 2.45) is 0 Å². The number of hydrogen-bond donors (Lipinski definition) is 3. The quantitative estimate of drug-likeness (QED) is 0.537. The van der Waals surface area contributed by atoms with Crippen LogP contribution in [0.25, 0.3) is 0 Å². The molecule has 0 aliphatic carbocycles. The zero-order chi connectivity index (χ0) is 14.7. The zero-order valence-electron chi connectivity index (χ0n) is 12.1. The maximum Gasteiger partial charge on any atom is 1.00 e. The molecule has 0 amide bonds. The van der Waals surface area contributed by atoms with Crippen LogP contribution in [0.15, 0.2) is 42.5 Å². The van der Waals surface area contributed by atoms with Crippen LogP contribution < -0.4 is 64.4 Å². The van der Waals surface area contributed by atoms with E-state index in [1.807, 2.05) is 0 Å². The van der Waals surface area contributed by atoms with Crippen molar-refractivity contribution in [3.05, 3.63) is 58.6 Å². The number of nitrogens with one attached hydrogen (secondary N) is 1. The molecule has 2 aromatic carbocycles. The Labute approximate surface area is 176 Å². The fraction of sp³-hybridized carbons (Fsp3) is 0. The average Bonchev–Trinajstić information content (AvgIpc) is 2.38.